The molecule has 5 rings (SSSR count). The smallest absolute Gasteiger partial charge is 0.295 e. The normalized spacial score (nSPS) is 18.6. The van der Waals surface area contributed by atoms with Gasteiger partial charge in [0.05, 0.1) is 31.4 Å². The standard InChI is InChI=1S/C36H42N2O6/c1-25(2)23-44-31-15-12-29(22-26(31)3)34(39)32-33(28-10-13-30(14-11-28)43-24-27-8-5-4-6-9-27)38(36(41)35(32)40)17-7-16-37-18-20-42-21-19-37/h4-6,8-15,22,25,33,39H,7,16-21,23-24H2,1-3H3. The maximum Gasteiger partial charge on any atom is 0.295 e. The quantitative estimate of drug-likeness (QED) is 0.161. The summed E-state index contributed by atoms with van der Waals surface area (Å²) in [6.45, 7) is 11.3. The van der Waals surface area contributed by atoms with Gasteiger partial charge in [-0.05, 0) is 66.3 Å². The van der Waals surface area contributed by atoms with E-state index in [0.717, 1.165) is 42.1 Å². The Morgan fingerprint density at radius 3 is 2.36 bits per heavy atom. The molecule has 44 heavy (non-hydrogen) atoms. The minimum atomic E-state index is -0.722. The number of ketones is 1. The average molecular weight is 599 g/mol. The van der Waals surface area contributed by atoms with Gasteiger partial charge in [0, 0.05) is 31.7 Å². The van der Waals surface area contributed by atoms with Crippen LogP contribution < -0.4 is 9.47 Å². The lowest BCUT2D eigenvalue weighted by molar-refractivity contribution is -0.140. The number of morpholine rings is 1. The van der Waals surface area contributed by atoms with E-state index >= 15 is 0 Å². The van der Waals surface area contributed by atoms with Gasteiger partial charge in [-0.15, -0.1) is 0 Å². The fraction of sp³-hybridized carbons (Fsp3) is 0.389. The molecule has 8 nitrogen and oxygen atoms in total. The number of aliphatic hydroxyl groups is 1. The molecule has 3 aromatic carbocycles. The van der Waals surface area contributed by atoms with Gasteiger partial charge in [-0.1, -0.05) is 56.3 Å². The molecule has 232 valence electrons. The number of hydrogen-bond acceptors (Lipinski definition) is 7. The molecule has 1 amide bonds. The molecule has 2 aliphatic heterocycles. The first-order chi connectivity index (χ1) is 21.3. The zero-order valence-electron chi connectivity index (χ0n) is 25.8. The number of amides is 1. The molecule has 2 fully saturated rings. The summed E-state index contributed by atoms with van der Waals surface area (Å²) in [7, 11) is 0. The number of rotatable bonds is 12. The number of likely N-dealkylation sites (tertiary alicyclic amines) is 1. The van der Waals surface area contributed by atoms with Crippen LogP contribution in [0.15, 0.2) is 78.4 Å². The van der Waals surface area contributed by atoms with Crippen LogP contribution in [-0.2, 0) is 20.9 Å². The summed E-state index contributed by atoms with van der Waals surface area (Å²) in [4.78, 5) is 30.9. The molecule has 0 bridgehead atoms. The van der Waals surface area contributed by atoms with Crippen LogP contribution >= 0.6 is 0 Å². The van der Waals surface area contributed by atoms with Crippen molar-refractivity contribution < 1.29 is 28.9 Å². The van der Waals surface area contributed by atoms with Gasteiger partial charge in [-0.2, -0.15) is 0 Å². The van der Waals surface area contributed by atoms with E-state index in [2.05, 4.69) is 18.7 Å². The Morgan fingerprint density at radius 1 is 0.955 bits per heavy atom. The van der Waals surface area contributed by atoms with Gasteiger partial charge >= 0.3 is 0 Å². The molecule has 8 heteroatoms. The number of ether oxygens (including phenoxy) is 3. The molecule has 1 unspecified atom stereocenters. The number of carbonyl (C=O) groups is 2. The molecule has 2 aliphatic rings. The molecule has 0 saturated carbocycles. The zero-order chi connectivity index (χ0) is 31.1. The summed E-state index contributed by atoms with van der Waals surface area (Å²) in [5.74, 6) is 0.303. The molecule has 0 radical (unpaired) electrons. The predicted molar refractivity (Wildman–Crippen MR) is 170 cm³/mol. The first-order valence-corrected chi connectivity index (χ1v) is 15.4. The number of Topliss-reactive ketones (excluding diaryl/α,β-unsaturated/α-hetero) is 1. The maximum atomic E-state index is 13.5. The van der Waals surface area contributed by atoms with Crippen LogP contribution in [0.25, 0.3) is 5.76 Å². The molecule has 0 aromatic heterocycles. The van der Waals surface area contributed by atoms with Crippen molar-refractivity contribution in [2.45, 2.75) is 39.8 Å². The third-order valence-electron chi connectivity index (χ3n) is 7.98. The van der Waals surface area contributed by atoms with Crippen LogP contribution in [-0.4, -0.2) is 72.6 Å². The van der Waals surface area contributed by atoms with Crippen molar-refractivity contribution in [2.75, 3.05) is 46.0 Å². The van der Waals surface area contributed by atoms with Crippen molar-refractivity contribution in [1.29, 1.82) is 0 Å². The highest BCUT2D eigenvalue weighted by Crippen LogP contribution is 2.40. The molecule has 2 saturated heterocycles. The van der Waals surface area contributed by atoms with Crippen molar-refractivity contribution in [3.63, 3.8) is 0 Å². The second-order valence-corrected chi connectivity index (χ2v) is 11.8. The van der Waals surface area contributed by atoms with E-state index in [4.69, 9.17) is 14.2 Å². The van der Waals surface area contributed by atoms with E-state index in [1.54, 1.807) is 23.1 Å². The topological polar surface area (TPSA) is 88.5 Å². The summed E-state index contributed by atoms with van der Waals surface area (Å²) < 4.78 is 17.3. The Kier molecular flexibility index (Phi) is 10.4. The molecule has 1 atom stereocenters. The van der Waals surface area contributed by atoms with Crippen molar-refractivity contribution in [2.24, 2.45) is 5.92 Å². The number of benzene rings is 3. The lowest BCUT2D eigenvalue weighted by Gasteiger charge is -2.29. The van der Waals surface area contributed by atoms with Crippen LogP contribution in [0.1, 0.15) is 48.6 Å². The summed E-state index contributed by atoms with van der Waals surface area (Å²) >= 11 is 0. The first-order valence-electron chi connectivity index (χ1n) is 15.4. The summed E-state index contributed by atoms with van der Waals surface area (Å²) in [5, 5.41) is 11.6. The van der Waals surface area contributed by atoms with Gasteiger partial charge in [0.1, 0.15) is 23.9 Å². The van der Waals surface area contributed by atoms with Crippen LogP contribution in [0.2, 0.25) is 0 Å². The minimum Gasteiger partial charge on any atom is -0.507 e. The number of aryl methyl sites for hydroxylation is 1. The highest BCUT2D eigenvalue weighted by molar-refractivity contribution is 6.46. The van der Waals surface area contributed by atoms with Gasteiger partial charge in [0.15, 0.2) is 0 Å². The largest absolute Gasteiger partial charge is 0.507 e. The predicted octanol–water partition coefficient (Wildman–Crippen LogP) is 5.75. The molecular weight excluding hydrogens is 556 g/mol. The highest BCUT2D eigenvalue weighted by Gasteiger charge is 2.45. The molecule has 3 aromatic rings. The Labute approximate surface area is 259 Å². The van der Waals surface area contributed by atoms with Gasteiger partial charge in [-0.3, -0.25) is 14.5 Å². The van der Waals surface area contributed by atoms with Crippen LogP contribution in [0.3, 0.4) is 0 Å². The molecule has 1 N–H and O–H groups in total. The second kappa shape index (κ2) is 14.6. The van der Waals surface area contributed by atoms with Crippen molar-refractivity contribution in [1.82, 2.24) is 9.80 Å². The van der Waals surface area contributed by atoms with Crippen LogP contribution in [0, 0.1) is 12.8 Å². The third-order valence-corrected chi connectivity index (χ3v) is 7.98. The monoisotopic (exact) mass is 598 g/mol. The number of aliphatic hydroxyl groups excluding tert-OH is 1. The molecule has 0 aliphatic carbocycles. The van der Waals surface area contributed by atoms with E-state index in [9.17, 15) is 14.7 Å². The Morgan fingerprint density at radius 2 is 1.68 bits per heavy atom. The van der Waals surface area contributed by atoms with Gasteiger partial charge in [0.2, 0.25) is 0 Å². The fourth-order valence-corrected chi connectivity index (χ4v) is 5.60. The Hall–Kier alpha value is -4.14. The van der Waals surface area contributed by atoms with Gasteiger partial charge in [0.25, 0.3) is 11.7 Å². The van der Waals surface area contributed by atoms with Crippen molar-refractivity contribution >= 4 is 17.4 Å². The molecule has 2 heterocycles. The average Bonchev–Trinajstić information content (AvgIpc) is 3.29. The maximum absolute atomic E-state index is 13.5. The highest BCUT2D eigenvalue weighted by atomic mass is 16.5. The van der Waals surface area contributed by atoms with Crippen molar-refractivity contribution in [3.05, 3.63) is 101 Å². The van der Waals surface area contributed by atoms with Gasteiger partial charge < -0.3 is 24.2 Å². The van der Waals surface area contributed by atoms with E-state index in [1.165, 1.54) is 0 Å². The lowest BCUT2D eigenvalue weighted by Crippen LogP contribution is -2.38. The SMILES string of the molecule is Cc1cc(C(O)=C2C(=O)C(=O)N(CCCN3CCOCC3)C2c2ccc(OCc3ccccc3)cc2)ccc1OCC(C)C. The molecular formula is C36H42N2O6. The van der Waals surface area contributed by atoms with E-state index in [0.29, 0.717) is 56.6 Å². The fourth-order valence-electron chi connectivity index (χ4n) is 5.60. The van der Waals surface area contributed by atoms with E-state index in [-0.39, 0.29) is 11.3 Å². The van der Waals surface area contributed by atoms with Gasteiger partial charge in [-0.25, -0.2) is 0 Å². The second-order valence-electron chi connectivity index (χ2n) is 11.8. The zero-order valence-corrected chi connectivity index (χ0v) is 25.8. The molecule has 0 spiro atoms. The van der Waals surface area contributed by atoms with E-state index < -0.39 is 17.7 Å². The third kappa shape index (κ3) is 7.49. The number of nitrogens with zero attached hydrogens (tertiary/aromatic N) is 2. The van der Waals surface area contributed by atoms with Crippen LogP contribution in [0.4, 0.5) is 0 Å². The first kappa shape index (κ1) is 31.3. The van der Waals surface area contributed by atoms with Crippen LogP contribution in [0.5, 0.6) is 11.5 Å². The summed E-state index contributed by atoms with van der Waals surface area (Å²) in [6, 6.07) is 22.0. The lowest BCUT2D eigenvalue weighted by atomic mass is 9.94. The Balaban J connectivity index is 1.42. The number of carbonyl (C=O) groups excluding carboxylic acids is 2. The van der Waals surface area contributed by atoms with Crippen molar-refractivity contribution in [3.8, 4) is 11.5 Å². The number of hydrogen-bond donors (Lipinski definition) is 1. The summed E-state index contributed by atoms with van der Waals surface area (Å²) in [6.07, 6.45) is 0.697. The minimum absolute atomic E-state index is 0.0922. The van der Waals surface area contributed by atoms with E-state index in [1.807, 2.05) is 61.5 Å². The Bertz CT molecular complexity index is 1460. The summed E-state index contributed by atoms with van der Waals surface area (Å²) in [5.41, 5.74) is 3.19.